The number of hydrogen-bond donors (Lipinski definition) is 1. The third-order valence-corrected chi connectivity index (χ3v) is 3.50. The molecular weight excluding hydrogens is 246 g/mol. The molecule has 0 bridgehead atoms. The van der Waals surface area contributed by atoms with E-state index in [-0.39, 0.29) is 12.5 Å². The van der Waals surface area contributed by atoms with Crippen LogP contribution in [-0.4, -0.2) is 45.3 Å². The van der Waals surface area contributed by atoms with Crippen molar-refractivity contribution in [3.05, 3.63) is 17.5 Å². The average Bonchev–Trinajstić information content (AvgIpc) is 3.11. The molecule has 1 saturated carbocycles. The summed E-state index contributed by atoms with van der Waals surface area (Å²) in [6.45, 7) is 1.80. The van der Waals surface area contributed by atoms with Gasteiger partial charge in [0.25, 0.3) is 5.91 Å². The van der Waals surface area contributed by atoms with Gasteiger partial charge < -0.3 is 10.0 Å². The number of amides is 1. The highest BCUT2D eigenvalue weighted by atomic mass is 16.4. The third-order valence-electron chi connectivity index (χ3n) is 3.50. The Morgan fingerprint density at radius 3 is 2.74 bits per heavy atom. The van der Waals surface area contributed by atoms with Crippen molar-refractivity contribution < 1.29 is 14.7 Å². The van der Waals surface area contributed by atoms with Gasteiger partial charge in [-0.25, -0.2) is 0 Å². The molecule has 6 nitrogen and oxygen atoms in total. The van der Waals surface area contributed by atoms with E-state index < -0.39 is 11.9 Å². The molecule has 1 atom stereocenters. The fourth-order valence-electron chi connectivity index (χ4n) is 2.23. The molecule has 0 aromatic carbocycles. The van der Waals surface area contributed by atoms with Crippen molar-refractivity contribution in [3.63, 3.8) is 0 Å². The summed E-state index contributed by atoms with van der Waals surface area (Å²) in [5.74, 6) is -1.19. The summed E-state index contributed by atoms with van der Waals surface area (Å²) in [5, 5.41) is 13.0. The van der Waals surface area contributed by atoms with E-state index in [4.69, 9.17) is 5.11 Å². The van der Waals surface area contributed by atoms with Crippen molar-refractivity contribution >= 4 is 11.9 Å². The van der Waals surface area contributed by atoms with Crippen LogP contribution in [0.15, 0.2) is 6.20 Å². The Morgan fingerprint density at radius 1 is 1.58 bits per heavy atom. The first-order chi connectivity index (χ1) is 8.91. The second kappa shape index (κ2) is 5.03. The Balaban J connectivity index is 2.13. The second-order valence-electron chi connectivity index (χ2n) is 5.27. The number of carbonyl (C=O) groups is 2. The van der Waals surface area contributed by atoms with Gasteiger partial charge in [0.05, 0.1) is 23.4 Å². The van der Waals surface area contributed by atoms with Crippen molar-refractivity contribution in [1.29, 1.82) is 0 Å². The summed E-state index contributed by atoms with van der Waals surface area (Å²) in [5.41, 5.74) is 1.57. The van der Waals surface area contributed by atoms with Crippen molar-refractivity contribution in [2.45, 2.75) is 25.7 Å². The van der Waals surface area contributed by atoms with Crippen molar-refractivity contribution in [3.8, 4) is 0 Å². The number of aryl methyl sites for hydroxylation is 1. The lowest BCUT2D eigenvalue weighted by atomic mass is 10.1. The van der Waals surface area contributed by atoms with Gasteiger partial charge in [-0.15, -0.1) is 0 Å². The van der Waals surface area contributed by atoms with Gasteiger partial charge in [-0.2, -0.15) is 5.10 Å². The summed E-state index contributed by atoms with van der Waals surface area (Å²) >= 11 is 0. The number of aromatic nitrogens is 2. The molecule has 1 unspecified atom stereocenters. The summed E-state index contributed by atoms with van der Waals surface area (Å²) in [7, 11) is 3.47. The van der Waals surface area contributed by atoms with E-state index in [2.05, 4.69) is 5.10 Å². The van der Waals surface area contributed by atoms with Gasteiger partial charge in [0.15, 0.2) is 0 Å². The Bertz CT molecular complexity index is 505. The Hall–Kier alpha value is -1.85. The van der Waals surface area contributed by atoms with E-state index in [0.29, 0.717) is 11.5 Å². The normalized spacial score (nSPS) is 16.2. The number of nitrogens with zero attached hydrogens (tertiary/aromatic N) is 3. The van der Waals surface area contributed by atoms with Crippen molar-refractivity contribution in [2.75, 3.05) is 13.6 Å². The van der Waals surface area contributed by atoms with Gasteiger partial charge in [-0.3, -0.25) is 14.3 Å². The predicted octanol–water partition coefficient (Wildman–Crippen LogP) is 1.09. The predicted molar refractivity (Wildman–Crippen MR) is 68.9 cm³/mol. The molecule has 1 heterocycles. The van der Waals surface area contributed by atoms with Gasteiger partial charge in [-0.1, -0.05) is 6.92 Å². The zero-order valence-electron chi connectivity index (χ0n) is 11.5. The molecule has 1 aromatic heterocycles. The Labute approximate surface area is 112 Å². The Kier molecular flexibility index (Phi) is 3.59. The summed E-state index contributed by atoms with van der Waals surface area (Å²) in [6.07, 6.45) is 3.77. The van der Waals surface area contributed by atoms with Crippen LogP contribution < -0.4 is 0 Å². The third kappa shape index (κ3) is 2.77. The van der Waals surface area contributed by atoms with Gasteiger partial charge in [0.1, 0.15) is 0 Å². The minimum atomic E-state index is -0.895. The van der Waals surface area contributed by atoms with Crippen LogP contribution >= 0.6 is 0 Å². The monoisotopic (exact) mass is 265 g/mol. The lowest BCUT2D eigenvalue weighted by Crippen LogP contribution is -2.34. The van der Waals surface area contributed by atoms with Crippen LogP contribution in [-0.2, 0) is 11.8 Å². The number of carbonyl (C=O) groups excluding carboxylic acids is 1. The lowest BCUT2D eigenvalue weighted by Gasteiger charge is -2.19. The zero-order valence-corrected chi connectivity index (χ0v) is 11.5. The molecule has 1 aromatic rings. The smallest absolute Gasteiger partial charge is 0.308 e. The zero-order chi connectivity index (χ0) is 14.2. The van der Waals surface area contributed by atoms with Crippen LogP contribution in [0.3, 0.4) is 0 Å². The Morgan fingerprint density at radius 2 is 2.21 bits per heavy atom. The summed E-state index contributed by atoms with van der Waals surface area (Å²) < 4.78 is 1.75. The molecule has 0 aliphatic heterocycles. The van der Waals surface area contributed by atoms with Crippen LogP contribution in [0.1, 0.15) is 41.7 Å². The van der Waals surface area contributed by atoms with Gasteiger partial charge in [0, 0.05) is 26.6 Å². The van der Waals surface area contributed by atoms with Crippen LogP contribution in [0.25, 0.3) is 0 Å². The molecule has 2 rings (SSSR count). The molecular formula is C13H19N3O3. The van der Waals surface area contributed by atoms with E-state index in [0.717, 1.165) is 18.5 Å². The van der Waals surface area contributed by atoms with E-state index >= 15 is 0 Å². The molecule has 0 radical (unpaired) electrons. The summed E-state index contributed by atoms with van der Waals surface area (Å²) in [4.78, 5) is 24.6. The maximum atomic E-state index is 12.3. The second-order valence-corrected chi connectivity index (χ2v) is 5.27. The van der Waals surface area contributed by atoms with E-state index in [9.17, 15) is 9.59 Å². The summed E-state index contributed by atoms with van der Waals surface area (Å²) in [6, 6.07) is 0. The maximum absolute atomic E-state index is 12.3. The molecule has 1 amide bonds. The highest BCUT2D eigenvalue weighted by Crippen LogP contribution is 2.41. The topological polar surface area (TPSA) is 75.4 Å². The van der Waals surface area contributed by atoms with Gasteiger partial charge in [-0.05, 0) is 12.8 Å². The quantitative estimate of drug-likeness (QED) is 0.864. The van der Waals surface area contributed by atoms with Gasteiger partial charge >= 0.3 is 5.97 Å². The molecule has 0 spiro atoms. The molecule has 0 saturated heterocycles. The van der Waals surface area contributed by atoms with E-state index in [1.807, 2.05) is 7.05 Å². The highest BCUT2D eigenvalue weighted by Gasteiger charge is 2.32. The lowest BCUT2D eigenvalue weighted by molar-refractivity contribution is -0.141. The first-order valence-corrected chi connectivity index (χ1v) is 6.42. The first-order valence-electron chi connectivity index (χ1n) is 6.42. The number of rotatable bonds is 5. The molecule has 1 aliphatic carbocycles. The highest BCUT2D eigenvalue weighted by molar-refractivity contribution is 5.95. The number of hydrogen-bond acceptors (Lipinski definition) is 3. The standard InChI is InChI=1S/C13H19N3O3/c1-8(13(18)19)7-15(2)12(17)10-6-14-16(3)11(10)9-4-5-9/h6,8-9H,4-5,7H2,1-3H3,(H,18,19). The maximum Gasteiger partial charge on any atom is 0.308 e. The first kappa shape index (κ1) is 13.6. The van der Waals surface area contributed by atoms with Crippen LogP contribution in [0, 0.1) is 5.92 Å². The van der Waals surface area contributed by atoms with Crippen LogP contribution in [0.4, 0.5) is 0 Å². The van der Waals surface area contributed by atoms with Gasteiger partial charge in [0.2, 0.25) is 0 Å². The minimum absolute atomic E-state index is 0.150. The molecule has 104 valence electrons. The molecule has 1 fully saturated rings. The number of carboxylic acids is 1. The van der Waals surface area contributed by atoms with Crippen LogP contribution in [0.2, 0.25) is 0 Å². The molecule has 19 heavy (non-hydrogen) atoms. The van der Waals surface area contributed by atoms with Crippen LogP contribution in [0.5, 0.6) is 0 Å². The largest absolute Gasteiger partial charge is 0.481 e. The minimum Gasteiger partial charge on any atom is -0.481 e. The van der Waals surface area contributed by atoms with E-state index in [1.165, 1.54) is 4.90 Å². The van der Waals surface area contributed by atoms with Crippen molar-refractivity contribution in [1.82, 2.24) is 14.7 Å². The van der Waals surface area contributed by atoms with Crippen molar-refractivity contribution in [2.24, 2.45) is 13.0 Å². The fraction of sp³-hybridized carbons (Fsp3) is 0.615. The fourth-order valence-corrected chi connectivity index (χ4v) is 2.23. The average molecular weight is 265 g/mol. The number of aliphatic carboxylic acids is 1. The van der Waals surface area contributed by atoms with E-state index in [1.54, 1.807) is 24.9 Å². The molecule has 6 heteroatoms. The molecule has 1 N–H and O–H groups in total. The SMILES string of the molecule is CC(CN(C)C(=O)c1cnn(C)c1C1CC1)C(=O)O. The number of carboxylic acid groups (broad SMARTS) is 1. The molecule has 1 aliphatic rings.